The Morgan fingerprint density at radius 1 is 1.20 bits per heavy atom. The molecule has 0 saturated carbocycles. The average molecular weight is 340 g/mol. The predicted octanol–water partition coefficient (Wildman–Crippen LogP) is 1.55. The highest BCUT2D eigenvalue weighted by atomic mass is 16.2. The van der Waals surface area contributed by atoms with E-state index >= 15 is 0 Å². The molecule has 25 heavy (non-hydrogen) atoms. The summed E-state index contributed by atoms with van der Waals surface area (Å²) in [6.07, 6.45) is 4.36. The zero-order chi connectivity index (χ0) is 17.2. The number of carbonyl (C=O) groups is 1. The van der Waals surface area contributed by atoms with Crippen molar-refractivity contribution in [3.8, 4) is 0 Å². The topological polar surface area (TPSA) is 69.3 Å². The molecule has 6 heteroatoms. The number of aromatic nitrogens is 2. The summed E-state index contributed by atoms with van der Waals surface area (Å²) in [5.74, 6) is 0.763. The summed E-state index contributed by atoms with van der Waals surface area (Å²) in [5, 5.41) is 0.589. The van der Waals surface area contributed by atoms with Crippen molar-refractivity contribution >= 4 is 16.8 Å². The molecule has 0 spiro atoms. The normalized spacial score (nSPS) is 21.3. The van der Waals surface area contributed by atoms with Crippen LogP contribution in [-0.4, -0.2) is 57.9 Å². The number of hydrogen-bond acceptors (Lipinski definition) is 4. The lowest BCUT2D eigenvalue weighted by atomic mass is 10.2. The van der Waals surface area contributed by atoms with Gasteiger partial charge in [0.15, 0.2) is 0 Å². The number of fused-ring (bicyclic) bond motifs is 2. The lowest BCUT2D eigenvalue weighted by molar-refractivity contribution is -0.131. The Labute approximate surface area is 146 Å². The molecule has 2 fully saturated rings. The Hall–Kier alpha value is -2.21. The predicted molar refractivity (Wildman–Crippen MR) is 96.5 cm³/mol. The van der Waals surface area contributed by atoms with Crippen LogP contribution < -0.4 is 5.56 Å². The minimum absolute atomic E-state index is 0.135. The fourth-order valence-corrected chi connectivity index (χ4v) is 4.07. The maximum atomic E-state index is 12.6. The zero-order valence-corrected chi connectivity index (χ0v) is 14.4. The third-order valence-corrected chi connectivity index (χ3v) is 5.39. The van der Waals surface area contributed by atoms with Crippen LogP contribution in [0.2, 0.25) is 0 Å². The highest BCUT2D eigenvalue weighted by molar-refractivity contribution is 5.78. The van der Waals surface area contributed by atoms with E-state index in [1.165, 1.54) is 19.4 Å². The number of rotatable bonds is 3. The number of H-pyrrole nitrogens is 1. The van der Waals surface area contributed by atoms with Gasteiger partial charge in [-0.15, -0.1) is 0 Å². The van der Waals surface area contributed by atoms with Gasteiger partial charge in [-0.25, -0.2) is 4.98 Å². The van der Waals surface area contributed by atoms with E-state index in [0.717, 1.165) is 26.1 Å². The van der Waals surface area contributed by atoms with E-state index in [0.29, 0.717) is 35.6 Å². The summed E-state index contributed by atoms with van der Waals surface area (Å²) in [4.78, 5) is 36.6. The van der Waals surface area contributed by atoms with Gasteiger partial charge in [-0.05, 0) is 37.9 Å². The zero-order valence-electron chi connectivity index (χ0n) is 14.4. The molecule has 1 atom stereocenters. The molecule has 1 unspecified atom stereocenters. The van der Waals surface area contributed by atoms with E-state index in [-0.39, 0.29) is 11.5 Å². The third-order valence-electron chi connectivity index (χ3n) is 5.39. The second kappa shape index (κ2) is 6.96. The quantitative estimate of drug-likeness (QED) is 0.920. The summed E-state index contributed by atoms with van der Waals surface area (Å²) >= 11 is 0. The number of nitrogens with one attached hydrogen (secondary N) is 1. The molecule has 0 radical (unpaired) electrons. The van der Waals surface area contributed by atoms with Crippen LogP contribution in [0, 0.1) is 0 Å². The molecular formula is C19H24N4O2. The molecule has 2 aliphatic rings. The molecule has 2 aromatic rings. The second-order valence-corrected chi connectivity index (χ2v) is 7.06. The maximum absolute atomic E-state index is 12.6. The van der Waals surface area contributed by atoms with Crippen LogP contribution in [-0.2, 0) is 11.2 Å². The largest absolute Gasteiger partial charge is 0.341 e. The number of para-hydroxylation sites is 1. The van der Waals surface area contributed by atoms with Crippen molar-refractivity contribution in [2.24, 2.45) is 0 Å². The molecule has 132 valence electrons. The van der Waals surface area contributed by atoms with Crippen LogP contribution in [0.5, 0.6) is 0 Å². The molecule has 1 amide bonds. The van der Waals surface area contributed by atoms with Crippen LogP contribution in [0.1, 0.15) is 31.5 Å². The van der Waals surface area contributed by atoms with Crippen LogP contribution >= 0.6 is 0 Å². The number of aromatic amines is 1. The van der Waals surface area contributed by atoms with E-state index in [1.54, 1.807) is 6.07 Å². The minimum atomic E-state index is -0.135. The van der Waals surface area contributed by atoms with Gasteiger partial charge in [0.1, 0.15) is 5.82 Å². The first kappa shape index (κ1) is 16.3. The van der Waals surface area contributed by atoms with Gasteiger partial charge < -0.3 is 9.88 Å². The van der Waals surface area contributed by atoms with Crippen LogP contribution in [0.3, 0.4) is 0 Å². The number of hydrogen-bond donors (Lipinski definition) is 1. The van der Waals surface area contributed by atoms with E-state index in [9.17, 15) is 9.59 Å². The van der Waals surface area contributed by atoms with Crippen molar-refractivity contribution in [1.29, 1.82) is 0 Å². The number of nitrogens with zero attached hydrogens (tertiary/aromatic N) is 3. The molecule has 1 N–H and O–H groups in total. The van der Waals surface area contributed by atoms with Crippen LogP contribution in [0.15, 0.2) is 29.1 Å². The Bertz CT molecular complexity index is 832. The maximum Gasteiger partial charge on any atom is 0.258 e. The number of carbonyl (C=O) groups excluding carboxylic acids is 1. The van der Waals surface area contributed by atoms with Crippen LogP contribution in [0.4, 0.5) is 0 Å². The molecule has 6 nitrogen and oxygen atoms in total. The van der Waals surface area contributed by atoms with Crippen molar-refractivity contribution in [3.05, 3.63) is 40.4 Å². The summed E-state index contributed by atoms with van der Waals surface area (Å²) < 4.78 is 0. The average Bonchev–Trinajstić information content (AvgIpc) is 2.96. The van der Waals surface area contributed by atoms with Gasteiger partial charge in [-0.2, -0.15) is 0 Å². The fraction of sp³-hybridized carbons (Fsp3) is 0.526. The Balaban J connectivity index is 1.42. The summed E-state index contributed by atoms with van der Waals surface area (Å²) in [5.41, 5.74) is 0.550. The number of aryl methyl sites for hydroxylation is 1. The first-order chi connectivity index (χ1) is 12.2. The summed E-state index contributed by atoms with van der Waals surface area (Å²) in [6.45, 7) is 3.97. The van der Waals surface area contributed by atoms with E-state index in [4.69, 9.17) is 0 Å². The monoisotopic (exact) mass is 340 g/mol. The molecule has 0 bridgehead atoms. The fourth-order valence-electron chi connectivity index (χ4n) is 4.07. The number of benzene rings is 1. The van der Waals surface area contributed by atoms with Gasteiger partial charge in [-0.1, -0.05) is 12.1 Å². The lowest BCUT2D eigenvalue weighted by Crippen LogP contribution is -2.39. The Morgan fingerprint density at radius 3 is 2.96 bits per heavy atom. The van der Waals surface area contributed by atoms with Crippen molar-refractivity contribution in [1.82, 2.24) is 19.8 Å². The molecule has 3 heterocycles. The van der Waals surface area contributed by atoms with E-state index in [2.05, 4.69) is 14.9 Å². The summed E-state index contributed by atoms with van der Waals surface area (Å²) in [7, 11) is 0. The van der Waals surface area contributed by atoms with Crippen molar-refractivity contribution < 1.29 is 4.79 Å². The first-order valence-electron chi connectivity index (χ1n) is 9.20. The molecule has 2 saturated heterocycles. The third kappa shape index (κ3) is 3.44. The first-order valence-corrected chi connectivity index (χ1v) is 9.20. The van der Waals surface area contributed by atoms with Crippen molar-refractivity contribution in [2.45, 2.75) is 38.1 Å². The minimum Gasteiger partial charge on any atom is -0.341 e. The van der Waals surface area contributed by atoms with Gasteiger partial charge in [-0.3, -0.25) is 14.5 Å². The molecule has 1 aromatic carbocycles. The highest BCUT2D eigenvalue weighted by Crippen LogP contribution is 2.21. The van der Waals surface area contributed by atoms with E-state index < -0.39 is 0 Å². The molecule has 4 rings (SSSR count). The standard InChI is InChI=1S/C19H24N4O2/c24-18(23-12-4-11-22-10-3-5-14(22)13-23)9-8-17-20-16-7-2-1-6-15(16)19(25)21-17/h1-2,6-7,14H,3-5,8-13H2,(H,20,21,25). The number of amides is 1. The van der Waals surface area contributed by atoms with Crippen molar-refractivity contribution in [3.63, 3.8) is 0 Å². The van der Waals surface area contributed by atoms with Crippen LogP contribution in [0.25, 0.3) is 10.9 Å². The van der Waals surface area contributed by atoms with Gasteiger partial charge >= 0.3 is 0 Å². The second-order valence-electron chi connectivity index (χ2n) is 7.06. The smallest absolute Gasteiger partial charge is 0.258 e. The van der Waals surface area contributed by atoms with E-state index in [1.807, 2.05) is 23.1 Å². The molecular weight excluding hydrogens is 316 g/mol. The van der Waals surface area contributed by atoms with Gasteiger partial charge in [0.2, 0.25) is 5.91 Å². The molecule has 1 aromatic heterocycles. The molecule has 0 aliphatic carbocycles. The summed E-state index contributed by atoms with van der Waals surface area (Å²) in [6, 6.07) is 7.83. The van der Waals surface area contributed by atoms with Gasteiger partial charge in [0.05, 0.1) is 10.9 Å². The van der Waals surface area contributed by atoms with Gasteiger partial charge in [0.25, 0.3) is 5.56 Å². The highest BCUT2D eigenvalue weighted by Gasteiger charge is 2.30. The Morgan fingerprint density at radius 2 is 2.04 bits per heavy atom. The SMILES string of the molecule is O=C(CCc1nc2ccccc2c(=O)[nH]1)N1CCCN2CCCC2C1. The van der Waals surface area contributed by atoms with Crippen molar-refractivity contribution in [2.75, 3.05) is 26.2 Å². The molecule has 2 aliphatic heterocycles. The Kier molecular flexibility index (Phi) is 4.53. The van der Waals surface area contributed by atoms with Gasteiger partial charge in [0, 0.05) is 38.5 Å². The lowest BCUT2D eigenvalue weighted by Gasteiger charge is -2.25.